The van der Waals surface area contributed by atoms with Crippen LogP contribution in [-0.4, -0.2) is 10.8 Å². The van der Waals surface area contributed by atoms with E-state index in [1.165, 1.54) is 11.3 Å². The molecule has 3 heteroatoms. The third-order valence-electron chi connectivity index (χ3n) is 3.78. The number of aromatic nitrogens is 1. The van der Waals surface area contributed by atoms with E-state index in [4.69, 9.17) is 0 Å². The van der Waals surface area contributed by atoms with Gasteiger partial charge in [-0.15, -0.1) is 0 Å². The SMILES string of the molecule is CC(=O)C1=CNC(c2ccc(-c3ccccc3)[nH]2)CC1. The number of hydrogen-bond donors (Lipinski definition) is 2. The van der Waals surface area contributed by atoms with Gasteiger partial charge in [0.2, 0.25) is 0 Å². The van der Waals surface area contributed by atoms with Crippen LogP contribution in [-0.2, 0) is 4.79 Å². The van der Waals surface area contributed by atoms with Gasteiger partial charge in [-0.05, 0) is 37.5 Å². The highest BCUT2D eigenvalue weighted by atomic mass is 16.1. The zero-order chi connectivity index (χ0) is 13.9. The number of H-pyrrole nitrogens is 1. The molecule has 2 N–H and O–H groups in total. The van der Waals surface area contributed by atoms with Gasteiger partial charge in [0.25, 0.3) is 0 Å². The second-order valence-corrected chi connectivity index (χ2v) is 5.18. The minimum atomic E-state index is 0.160. The Bertz CT molecular complexity index is 640. The molecule has 0 radical (unpaired) electrons. The number of carbonyl (C=O) groups excluding carboxylic acids is 1. The summed E-state index contributed by atoms with van der Waals surface area (Å²) in [6.45, 7) is 1.62. The molecule has 3 rings (SSSR count). The lowest BCUT2D eigenvalue weighted by Gasteiger charge is -2.22. The van der Waals surface area contributed by atoms with E-state index in [-0.39, 0.29) is 11.8 Å². The van der Waals surface area contributed by atoms with Crippen LogP contribution in [0.15, 0.2) is 54.2 Å². The first-order chi connectivity index (χ1) is 9.74. The average molecular weight is 266 g/mol. The highest BCUT2D eigenvalue weighted by molar-refractivity contribution is 5.93. The summed E-state index contributed by atoms with van der Waals surface area (Å²) in [4.78, 5) is 14.8. The summed E-state index contributed by atoms with van der Waals surface area (Å²) >= 11 is 0. The zero-order valence-electron chi connectivity index (χ0n) is 11.5. The monoisotopic (exact) mass is 266 g/mol. The highest BCUT2D eigenvalue weighted by Gasteiger charge is 2.18. The van der Waals surface area contributed by atoms with Crippen LogP contribution in [0.3, 0.4) is 0 Å². The molecule has 1 aliphatic heterocycles. The molecular weight excluding hydrogens is 248 g/mol. The van der Waals surface area contributed by atoms with Crippen molar-refractivity contribution in [3.63, 3.8) is 0 Å². The number of benzene rings is 1. The Hall–Kier alpha value is -2.29. The molecule has 1 aromatic carbocycles. The molecule has 0 bridgehead atoms. The van der Waals surface area contributed by atoms with Gasteiger partial charge in [-0.3, -0.25) is 4.79 Å². The van der Waals surface area contributed by atoms with Crippen molar-refractivity contribution in [3.8, 4) is 11.3 Å². The summed E-state index contributed by atoms with van der Waals surface area (Å²) in [5.41, 5.74) is 4.37. The van der Waals surface area contributed by atoms with Crippen LogP contribution < -0.4 is 5.32 Å². The van der Waals surface area contributed by atoms with Crippen molar-refractivity contribution in [2.24, 2.45) is 0 Å². The topological polar surface area (TPSA) is 44.9 Å². The van der Waals surface area contributed by atoms with Gasteiger partial charge >= 0.3 is 0 Å². The molecule has 0 spiro atoms. The molecule has 3 nitrogen and oxygen atoms in total. The smallest absolute Gasteiger partial charge is 0.157 e. The molecule has 20 heavy (non-hydrogen) atoms. The Kier molecular flexibility index (Phi) is 3.42. The largest absolute Gasteiger partial charge is 0.382 e. The predicted octanol–water partition coefficient (Wildman–Crippen LogP) is 3.58. The number of Topliss-reactive ketones (excluding diaryl/α,β-unsaturated/α-hetero) is 1. The van der Waals surface area contributed by atoms with Crippen LogP contribution in [0.1, 0.15) is 31.5 Å². The molecule has 0 aliphatic carbocycles. The third-order valence-corrected chi connectivity index (χ3v) is 3.78. The summed E-state index contributed by atoms with van der Waals surface area (Å²) in [7, 11) is 0. The molecule has 1 atom stereocenters. The molecule has 1 aliphatic rings. The van der Waals surface area contributed by atoms with Gasteiger partial charge in [0.15, 0.2) is 5.78 Å². The van der Waals surface area contributed by atoms with E-state index in [2.05, 4.69) is 34.6 Å². The summed E-state index contributed by atoms with van der Waals surface area (Å²) in [6.07, 6.45) is 3.65. The maximum absolute atomic E-state index is 11.3. The van der Waals surface area contributed by atoms with Gasteiger partial charge in [-0.25, -0.2) is 0 Å². The first-order valence-corrected chi connectivity index (χ1v) is 6.94. The minimum absolute atomic E-state index is 0.160. The normalized spacial score (nSPS) is 18.2. The van der Waals surface area contributed by atoms with Gasteiger partial charge in [-0.2, -0.15) is 0 Å². The maximum atomic E-state index is 11.3. The maximum Gasteiger partial charge on any atom is 0.157 e. The Morgan fingerprint density at radius 3 is 2.60 bits per heavy atom. The van der Waals surface area contributed by atoms with Crippen LogP contribution in [0.4, 0.5) is 0 Å². The lowest BCUT2D eigenvalue weighted by Crippen LogP contribution is -2.22. The Morgan fingerprint density at radius 2 is 1.95 bits per heavy atom. The molecule has 0 fully saturated rings. The summed E-state index contributed by atoms with van der Waals surface area (Å²) in [5.74, 6) is 0.160. The molecule has 2 aromatic rings. The highest BCUT2D eigenvalue weighted by Crippen LogP contribution is 2.27. The van der Waals surface area contributed by atoms with E-state index in [9.17, 15) is 4.79 Å². The first kappa shape index (κ1) is 12.7. The Morgan fingerprint density at radius 1 is 1.15 bits per heavy atom. The number of aromatic amines is 1. The van der Waals surface area contributed by atoms with Gasteiger partial charge in [0.05, 0.1) is 6.04 Å². The third kappa shape index (κ3) is 2.52. The second-order valence-electron chi connectivity index (χ2n) is 5.18. The fourth-order valence-electron chi connectivity index (χ4n) is 2.58. The molecular formula is C17H18N2O. The zero-order valence-corrected chi connectivity index (χ0v) is 11.5. The van der Waals surface area contributed by atoms with E-state index in [1.54, 1.807) is 6.92 Å². The molecule has 1 aromatic heterocycles. The van der Waals surface area contributed by atoms with E-state index >= 15 is 0 Å². The van der Waals surface area contributed by atoms with Crippen LogP contribution >= 0.6 is 0 Å². The van der Waals surface area contributed by atoms with Crippen molar-refractivity contribution in [2.45, 2.75) is 25.8 Å². The van der Waals surface area contributed by atoms with Crippen molar-refractivity contribution in [2.75, 3.05) is 0 Å². The number of carbonyl (C=O) groups is 1. The van der Waals surface area contributed by atoms with Crippen molar-refractivity contribution in [1.82, 2.24) is 10.3 Å². The average Bonchev–Trinajstić information content (AvgIpc) is 2.98. The number of nitrogens with one attached hydrogen (secondary N) is 2. The lowest BCUT2D eigenvalue weighted by molar-refractivity contribution is -0.113. The Labute approximate surface area is 118 Å². The van der Waals surface area contributed by atoms with E-state index < -0.39 is 0 Å². The second kappa shape index (κ2) is 5.37. The van der Waals surface area contributed by atoms with Crippen LogP contribution in [0.5, 0.6) is 0 Å². The number of rotatable bonds is 3. The van der Waals surface area contributed by atoms with Gasteiger partial charge in [-0.1, -0.05) is 30.3 Å². The van der Waals surface area contributed by atoms with Crippen LogP contribution in [0.25, 0.3) is 11.3 Å². The number of ketones is 1. The van der Waals surface area contributed by atoms with Gasteiger partial charge < -0.3 is 10.3 Å². The quantitative estimate of drug-likeness (QED) is 0.892. The molecule has 2 heterocycles. The lowest BCUT2D eigenvalue weighted by atomic mass is 9.98. The van der Waals surface area contributed by atoms with Crippen molar-refractivity contribution in [1.29, 1.82) is 0 Å². The van der Waals surface area contributed by atoms with Gasteiger partial charge in [0.1, 0.15) is 0 Å². The number of hydrogen-bond acceptors (Lipinski definition) is 2. The van der Waals surface area contributed by atoms with E-state index in [1.807, 2.05) is 24.4 Å². The molecule has 1 unspecified atom stereocenters. The first-order valence-electron chi connectivity index (χ1n) is 6.94. The van der Waals surface area contributed by atoms with Crippen LogP contribution in [0, 0.1) is 0 Å². The van der Waals surface area contributed by atoms with E-state index in [0.717, 1.165) is 24.1 Å². The summed E-state index contributed by atoms with van der Waals surface area (Å²) in [6, 6.07) is 14.8. The van der Waals surface area contributed by atoms with Crippen molar-refractivity contribution in [3.05, 3.63) is 59.9 Å². The number of allylic oxidation sites excluding steroid dienone is 1. The Balaban J connectivity index is 1.77. The molecule has 0 saturated heterocycles. The minimum Gasteiger partial charge on any atom is -0.382 e. The molecule has 0 saturated carbocycles. The van der Waals surface area contributed by atoms with Crippen molar-refractivity contribution >= 4 is 5.78 Å². The standard InChI is InChI=1S/C17H18N2O/c1-12(20)14-7-8-16(18-11-14)17-10-9-15(19-17)13-5-3-2-4-6-13/h2-6,9-11,16,18-19H,7-8H2,1H3. The van der Waals surface area contributed by atoms with E-state index in [0.29, 0.717) is 0 Å². The van der Waals surface area contributed by atoms with Crippen molar-refractivity contribution < 1.29 is 4.79 Å². The fourth-order valence-corrected chi connectivity index (χ4v) is 2.58. The van der Waals surface area contributed by atoms with Crippen LogP contribution in [0.2, 0.25) is 0 Å². The summed E-state index contributed by atoms with van der Waals surface area (Å²) < 4.78 is 0. The molecule has 102 valence electrons. The predicted molar refractivity (Wildman–Crippen MR) is 80.1 cm³/mol. The molecule has 0 amide bonds. The van der Waals surface area contributed by atoms with Gasteiger partial charge in [0, 0.05) is 23.2 Å². The fraction of sp³-hybridized carbons (Fsp3) is 0.235. The summed E-state index contributed by atoms with van der Waals surface area (Å²) in [5, 5.41) is 3.32.